The fraction of sp³-hybridized carbons (Fsp3) is 0.636. The first-order valence-corrected chi connectivity index (χ1v) is 5.60. The van der Waals surface area contributed by atoms with E-state index in [1.807, 2.05) is 4.90 Å². The molecule has 1 N–H and O–H groups in total. The van der Waals surface area contributed by atoms with Gasteiger partial charge in [-0.2, -0.15) is 5.10 Å². The summed E-state index contributed by atoms with van der Waals surface area (Å²) in [7, 11) is 1.77. The molecular weight excluding hydrogens is 206 g/mol. The van der Waals surface area contributed by atoms with E-state index < -0.39 is 0 Å². The van der Waals surface area contributed by atoms with Gasteiger partial charge in [0.05, 0.1) is 0 Å². The lowest BCUT2D eigenvalue weighted by atomic mass is 9.98. The van der Waals surface area contributed by atoms with E-state index in [9.17, 15) is 4.79 Å². The minimum absolute atomic E-state index is 0.0383. The van der Waals surface area contributed by atoms with Gasteiger partial charge in [0.25, 0.3) is 5.91 Å². The van der Waals surface area contributed by atoms with Crippen LogP contribution < -0.4 is 0 Å². The van der Waals surface area contributed by atoms with Crippen molar-refractivity contribution in [2.24, 2.45) is 13.0 Å². The topological polar surface area (TPSA) is 58.4 Å². The van der Waals surface area contributed by atoms with E-state index in [2.05, 4.69) is 5.10 Å². The van der Waals surface area contributed by atoms with Crippen LogP contribution in [0.1, 0.15) is 23.3 Å². The van der Waals surface area contributed by atoms with Gasteiger partial charge in [0.1, 0.15) is 5.69 Å². The van der Waals surface area contributed by atoms with Crippen LogP contribution in [0.3, 0.4) is 0 Å². The van der Waals surface area contributed by atoms with E-state index in [0.717, 1.165) is 25.9 Å². The number of hydrogen-bond donors (Lipinski definition) is 1. The van der Waals surface area contributed by atoms with Gasteiger partial charge in [-0.3, -0.25) is 9.48 Å². The Labute approximate surface area is 94.7 Å². The molecule has 0 spiro atoms. The largest absolute Gasteiger partial charge is 0.396 e. The number of likely N-dealkylation sites (tertiary alicyclic amines) is 1. The van der Waals surface area contributed by atoms with E-state index in [0.29, 0.717) is 11.6 Å². The monoisotopic (exact) mass is 223 g/mol. The Morgan fingerprint density at radius 2 is 2.25 bits per heavy atom. The van der Waals surface area contributed by atoms with Gasteiger partial charge in [-0.05, 0) is 24.8 Å². The summed E-state index contributed by atoms with van der Waals surface area (Å²) in [6, 6.07) is 1.74. The predicted molar refractivity (Wildman–Crippen MR) is 58.9 cm³/mol. The quantitative estimate of drug-likeness (QED) is 0.782. The highest BCUT2D eigenvalue weighted by Crippen LogP contribution is 2.18. The van der Waals surface area contributed by atoms with Crippen molar-refractivity contribution in [1.29, 1.82) is 0 Å². The normalized spacial score (nSPS) is 17.8. The van der Waals surface area contributed by atoms with Crippen molar-refractivity contribution in [2.45, 2.75) is 12.8 Å². The van der Waals surface area contributed by atoms with Crippen molar-refractivity contribution in [1.82, 2.24) is 14.7 Å². The van der Waals surface area contributed by atoms with Crippen LogP contribution in [0.25, 0.3) is 0 Å². The SMILES string of the molecule is Cn1nccc1C(=O)N1CCC(CO)CC1. The van der Waals surface area contributed by atoms with Crippen molar-refractivity contribution in [3.8, 4) is 0 Å². The zero-order valence-corrected chi connectivity index (χ0v) is 9.46. The van der Waals surface area contributed by atoms with Gasteiger partial charge < -0.3 is 10.0 Å². The van der Waals surface area contributed by atoms with Gasteiger partial charge in [0.2, 0.25) is 0 Å². The second-order valence-corrected chi connectivity index (χ2v) is 4.26. The molecule has 1 aromatic heterocycles. The van der Waals surface area contributed by atoms with Crippen LogP contribution >= 0.6 is 0 Å². The lowest BCUT2D eigenvalue weighted by Crippen LogP contribution is -2.39. The maximum atomic E-state index is 12.1. The molecule has 1 saturated heterocycles. The van der Waals surface area contributed by atoms with Gasteiger partial charge in [-0.1, -0.05) is 0 Å². The summed E-state index contributed by atoms with van der Waals surface area (Å²) >= 11 is 0. The molecule has 5 nitrogen and oxygen atoms in total. The minimum Gasteiger partial charge on any atom is -0.396 e. The van der Waals surface area contributed by atoms with E-state index in [4.69, 9.17) is 5.11 Å². The molecular formula is C11H17N3O2. The number of carbonyl (C=O) groups is 1. The van der Waals surface area contributed by atoms with Crippen molar-refractivity contribution < 1.29 is 9.90 Å². The Balaban J connectivity index is 2.00. The molecule has 0 aromatic carbocycles. The highest BCUT2D eigenvalue weighted by molar-refractivity contribution is 5.92. The van der Waals surface area contributed by atoms with Crippen LogP contribution in [-0.4, -0.2) is 45.4 Å². The standard InChI is InChI=1S/C11H17N3O2/c1-13-10(2-5-12-13)11(16)14-6-3-9(8-15)4-7-14/h2,5,9,15H,3-4,6-8H2,1H3. The Hall–Kier alpha value is -1.36. The Bertz CT molecular complexity index is 367. The number of aliphatic hydroxyl groups is 1. The molecule has 1 aliphatic heterocycles. The number of aliphatic hydroxyl groups excluding tert-OH is 1. The average Bonchev–Trinajstić information content (AvgIpc) is 2.75. The minimum atomic E-state index is 0.0383. The fourth-order valence-electron chi connectivity index (χ4n) is 2.06. The van der Waals surface area contributed by atoms with Gasteiger partial charge in [-0.15, -0.1) is 0 Å². The molecule has 1 amide bonds. The third-order valence-corrected chi connectivity index (χ3v) is 3.20. The third kappa shape index (κ3) is 2.09. The molecule has 0 bridgehead atoms. The zero-order chi connectivity index (χ0) is 11.5. The molecule has 2 rings (SSSR count). The molecule has 88 valence electrons. The number of carbonyl (C=O) groups excluding carboxylic acids is 1. The van der Waals surface area contributed by atoms with Crippen molar-refractivity contribution in [3.05, 3.63) is 18.0 Å². The number of hydrogen-bond acceptors (Lipinski definition) is 3. The highest BCUT2D eigenvalue weighted by Gasteiger charge is 2.24. The number of amides is 1. The summed E-state index contributed by atoms with van der Waals surface area (Å²) in [5, 5.41) is 13.0. The molecule has 0 unspecified atom stereocenters. The predicted octanol–water partition coefficient (Wildman–Crippen LogP) is 0.265. The summed E-state index contributed by atoms with van der Waals surface area (Å²) in [5.74, 6) is 0.395. The summed E-state index contributed by atoms with van der Waals surface area (Å²) in [6.45, 7) is 1.69. The third-order valence-electron chi connectivity index (χ3n) is 3.20. The van der Waals surface area contributed by atoms with Gasteiger partial charge in [0, 0.05) is 32.9 Å². The van der Waals surface area contributed by atoms with Crippen LogP contribution in [0.2, 0.25) is 0 Å². The first kappa shape index (κ1) is 11.1. The molecule has 0 atom stereocenters. The Morgan fingerprint density at radius 3 is 2.75 bits per heavy atom. The van der Waals surface area contributed by atoms with E-state index in [-0.39, 0.29) is 12.5 Å². The number of aryl methyl sites for hydroxylation is 1. The molecule has 2 heterocycles. The van der Waals surface area contributed by atoms with E-state index in [1.165, 1.54) is 0 Å². The Morgan fingerprint density at radius 1 is 1.56 bits per heavy atom. The molecule has 16 heavy (non-hydrogen) atoms. The maximum Gasteiger partial charge on any atom is 0.272 e. The molecule has 1 fully saturated rings. The van der Waals surface area contributed by atoms with Crippen molar-refractivity contribution in [2.75, 3.05) is 19.7 Å². The second-order valence-electron chi connectivity index (χ2n) is 4.26. The van der Waals surface area contributed by atoms with E-state index >= 15 is 0 Å². The maximum absolute atomic E-state index is 12.1. The van der Waals surface area contributed by atoms with E-state index in [1.54, 1.807) is 24.0 Å². The molecule has 0 saturated carbocycles. The average molecular weight is 223 g/mol. The summed E-state index contributed by atoms with van der Waals surface area (Å²) < 4.78 is 1.60. The summed E-state index contributed by atoms with van der Waals surface area (Å²) in [5.41, 5.74) is 0.627. The first-order valence-electron chi connectivity index (χ1n) is 5.60. The Kier molecular flexibility index (Phi) is 3.24. The van der Waals surface area contributed by atoms with Gasteiger partial charge in [0.15, 0.2) is 0 Å². The first-order chi connectivity index (χ1) is 7.72. The van der Waals surface area contributed by atoms with Gasteiger partial charge in [-0.25, -0.2) is 0 Å². The van der Waals surface area contributed by atoms with Crippen LogP contribution in [0.5, 0.6) is 0 Å². The second kappa shape index (κ2) is 4.65. The molecule has 5 heteroatoms. The smallest absolute Gasteiger partial charge is 0.272 e. The molecule has 0 aliphatic carbocycles. The van der Waals surface area contributed by atoms with Crippen LogP contribution in [0, 0.1) is 5.92 Å². The van der Waals surface area contributed by atoms with Crippen molar-refractivity contribution >= 4 is 5.91 Å². The van der Waals surface area contributed by atoms with Gasteiger partial charge >= 0.3 is 0 Å². The molecule has 0 radical (unpaired) electrons. The van der Waals surface area contributed by atoms with Crippen LogP contribution in [0.15, 0.2) is 12.3 Å². The number of nitrogens with zero attached hydrogens (tertiary/aromatic N) is 3. The molecule has 1 aliphatic rings. The van der Waals surface area contributed by atoms with Crippen LogP contribution in [-0.2, 0) is 7.05 Å². The van der Waals surface area contributed by atoms with Crippen molar-refractivity contribution in [3.63, 3.8) is 0 Å². The number of aromatic nitrogens is 2. The van der Waals surface area contributed by atoms with Crippen LogP contribution in [0.4, 0.5) is 0 Å². The summed E-state index contributed by atoms with van der Waals surface area (Å²) in [6.07, 6.45) is 3.41. The lowest BCUT2D eigenvalue weighted by molar-refractivity contribution is 0.0640. The number of rotatable bonds is 2. The number of piperidine rings is 1. The lowest BCUT2D eigenvalue weighted by Gasteiger charge is -2.31. The molecule has 1 aromatic rings. The zero-order valence-electron chi connectivity index (χ0n) is 9.46. The summed E-state index contributed by atoms with van der Waals surface area (Å²) in [4.78, 5) is 13.9. The highest BCUT2D eigenvalue weighted by atomic mass is 16.3. The fourth-order valence-corrected chi connectivity index (χ4v) is 2.06.